The van der Waals surface area contributed by atoms with Crippen LogP contribution in [0.25, 0.3) is 0 Å². The third-order valence-corrected chi connectivity index (χ3v) is 4.95. The predicted octanol–water partition coefficient (Wildman–Crippen LogP) is 1.81. The number of hydrogen-bond donors (Lipinski definition) is 0. The highest BCUT2D eigenvalue weighted by atomic mass is 16.2. The molecule has 1 aliphatic rings. The van der Waals surface area contributed by atoms with Gasteiger partial charge in [-0.25, -0.2) is 4.68 Å². The van der Waals surface area contributed by atoms with Gasteiger partial charge < -0.3 is 9.80 Å². The van der Waals surface area contributed by atoms with Gasteiger partial charge in [-0.3, -0.25) is 4.79 Å². The molecular weight excluding hydrogens is 340 g/mol. The molecule has 0 aliphatic carbocycles. The Morgan fingerprint density at radius 2 is 1.59 bits per heavy atom. The monoisotopic (exact) mass is 362 g/mol. The lowest BCUT2D eigenvalue weighted by atomic mass is 10.0. The minimum atomic E-state index is -0.425. The molecular formula is C20H22N6O. The van der Waals surface area contributed by atoms with Gasteiger partial charge in [0.2, 0.25) is 5.91 Å². The fraction of sp³-hybridized carbons (Fsp3) is 0.300. The number of amides is 1. The number of carbonyl (C=O) groups is 1. The van der Waals surface area contributed by atoms with Gasteiger partial charge in [0, 0.05) is 38.3 Å². The Balaban J connectivity index is 1.46. The molecule has 1 unspecified atom stereocenters. The van der Waals surface area contributed by atoms with Gasteiger partial charge in [0.05, 0.1) is 0 Å². The van der Waals surface area contributed by atoms with Crippen molar-refractivity contribution < 1.29 is 4.79 Å². The van der Waals surface area contributed by atoms with E-state index in [1.165, 1.54) is 12.0 Å². The van der Waals surface area contributed by atoms with Gasteiger partial charge in [-0.05, 0) is 28.1 Å². The Morgan fingerprint density at radius 3 is 2.22 bits per heavy atom. The van der Waals surface area contributed by atoms with Crippen LogP contribution < -0.4 is 4.90 Å². The third-order valence-electron chi connectivity index (χ3n) is 4.95. The van der Waals surface area contributed by atoms with E-state index in [4.69, 9.17) is 0 Å². The maximum Gasteiger partial charge on any atom is 0.248 e. The number of nitrogens with zero attached hydrogens (tertiary/aromatic N) is 6. The Bertz CT molecular complexity index is 845. The smallest absolute Gasteiger partial charge is 0.248 e. The number of aromatic nitrogens is 4. The molecule has 7 heteroatoms. The van der Waals surface area contributed by atoms with Crippen molar-refractivity contribution in [1.82, 2.24) is 25.1 Å². The Morgan fingerprint density at radius 1 is 0.926 bits per heavy atom. The van der Waals surface area contributed by atoms with E-state index in [2.05, 4.69) is 32.6 Å². The summed E-state index contributed by atoms with van der Waals surface area (Å²) in [7, 11) is 0. The molecule has 0 spiro atoms. The summed E-state index contributed by atoms with van der Waals surface area (Å²) in [6, 6.07) is 19.9. The van der Waals surface area contributed by atoms with Crippen molar-refractivity contribution >= 4 is 11.6 Å². The van der Waals surface area contributed by atoms with Gasteiger partial charge in [0.1, 0.15) is 12.4 Å². The lowest BCUT2D eigenvalue weighted by Gasteiger charge is -2.37. The molecule has 138 valence electrons. The molecule has 0 radical (unpaired) electrons. The van der Waals surface area contributed by atoms with E-state index in [0.717, 1.165) is 18.7 Å². The molecule has 1 saturated heterocycles. The van der Waals surface area contributed by atoms with Crippen LogP contribution in [0, 0.1) is 0 Å². The van der Waals surface area contributed by atoms with Gasteiger partial charge in [-0.1, -0.05) is 48.5 Å². The van der Waals surface area contributed by atoms with Gasteiger partial charge in [-0.2, -0.15) is 0 Å². The first kappa shape index (κ1) is 17.2. The lowest BCUT2D eigenvalue weighted by Crippen LogP contribution is -2.51. The summed E-state index contributed by atoms with van der Waals surface area (Å²) in [6.07, 6.45) is 2.09. The highest BCUT2D eigenvalue weighted by Gasteiger charge is 2.29. The first-order valence-corrected chi connectivity index (χ1v) is 9.16. The molecule has 7 nitrogen and oxygen atoms in total. The lowest BCUT2D eigenvalue weighted by molar-refractivity contribution is -0.135. The maximum atomic E-state index is 13.2. The largest absolute Gasteiger partial charge is 0.368 e. The van der Waals surface area contributed by atoms with Gasteiger partial charge >= 0.3 is 0 Å². The van der Waals surface area contributed by atoms with Crippen LogP contribution in [0.3, 0.4) is 0 Å². The van der Waals surface area contributed by atoms with E-state index in [1.807, 2.05) is 53.4 Å². The van der Waals surface area contributed by atoms with E-state index >= 15 is 0 Å². The van der Waals surface area contributed by atoms with E-state index < -0.39 is 6.04 Å². The summed E-state index contributed by atoms with van der Waals surface area (Å²) in [5.41, 5.74) is 2.29. The van der Waals surface area contributed by atoms with Crippen LogP contribution in [0.1, 0.15) is 11.6 Å². The third kappa shape index (κ3) is 3.97. The van der Waals surface area contributed by atoms with Crippen LogP contribution in [0.5, 0.6) is 0 Å². The summed E-state index contributed by atoms with van der Waals surface area (Å²) in [5, 5.41) is 11.4. The van der Waals surface area contributed by atoms with Crippen molar-refractivity contribution in [2.45, 2.75) is 12.5 Å². The van der Waals surface area contributed by atoms with Crippen LogP contribution in [-0.4, -0.2) is 57.2 Å². The second kappa shape index (κ2) is 7.99. The Labute approximate surface area is 158 Å². The topological polar surface area (TPSA) is 67.2 Å². The van der Waals surface area contributed by atoms with Crippen LogP contribution in [0.2, 0.25) is 0 Å². The number of piperazine rings is 1. The van der Waals surface area contributed by atoms with E-state index in [1.54, 1.807) is 4.68 Å². The molecule has 0 N–H and O–H groups in total. The van der Waals surface area contributed by atoms with Crippen molar-refractivity contribution in [3.05, 3.63) is 72.6 Å². The number of benzene rings is 2. The van der Waals surface area contributed by atoms with Crippen molar-refractivity contribution in [2.75, 3.05) is 31.1 Å². The number of carbonyl (C=O) groups excluding carboxylic acids is 1. The second-order valence-corrected chi connectivity index (χ2v) is 6.64. The zero-order valence-electron chi connectivity index (χ0n) is 15.1. The molecule has 4 rings (SSSR count). The number of para-hydroxylation sites is 1. The van der Waals surface area contributed by atoms with Crippen LogP contribution >= 0.6 is 0 Å². The zero-order chi connectivity index (χ0) is 18.5. The molecule has 0 bridgehead atoms. The Hall–Kier alpha value is -3.22. The Kier molecular flexibility index (Phi) is 5.09. The summed E-state index contributed by atoms with van der Waals surface area (Å²) in [5.74, 6) is 0.0684. The molecule has 1 atom stereocenters. The van der Waals surface area contributed by atoms with Crippen molar-refractivity contribution in [2.24, 2.45) is 0 Å². The van der Waals surface area contributed by atoms with Gasteiger partial charge in [0.15, 0.2) is 0 Å². The zero-order valence-corrected chi connectivity index (χ0v) is 15.1. The molecule has 2 aromatic carbocycles. The molecule has 3 aromatic rings. The summed E-state index contributed by atoms with van der Waals surface area (Å²) in [4.78, 5) is 17.5. The average Bonchev–Trinajstić information content (AvgIpc) is 3.28. The van der Waals surface area contributed by atoms with Crippen LogP contribution in [0.4, 0.5) is 5.69 Å². The molecule has 2 heterocycles. The fourth-order valence-electron chi connectivity index (χ4n) is 3.48. The maximum absolute atomic E-state index is 13.2. The summed E-state index contributed by atoms with van der Waals surface area (Å²) >= 11 is 0. The standard InChI is InChI=1S/C20H22N6O/c27-20(25-13-11-24(12-14-25)18-9-5-2-6-10-18)19(26-16-21-22-23-26)15-17-7-3-1-4-8-17/h1-10,16,19H,11-15H2. The van der Waals surface area contributed by atoms with Gasteiger partial charge in [-0.15, -0.1) is 5.10 Å². The molecule has 1 aromatic heterocycles. The number of tetrazole rings is 1. The summed E-state index contributed by atoms with van der Waals surface area (Å²) in [6.45, 7) is 3.04. The highest BCUT2D eigenvalue weighted by molar-refractivity contribution is 5.81. The highest BCUT2D eigenvalue weighted by Crippen LogP contribution is 2.20. The van der Waals surface area contributed by atoms with E-state index in [9.17, 15) is 4.79 Å². The number of anilines is 1. The molecule has 1 aliphatic heterocycles. The quantitative estimate of drug-likeness (QED) is 0.692. The molecule has 0 saturated carbocycles. The van der Waals surface area contributed by atoms with Gasteiger partial charge in [0.25, 0.3) is 0 Å². The van der Waals surface area contributed by atoms with Crippen LogP contribution in [-0.2, 0) is 11.2 Å². The molecule has 27 heavy (non-hydrogen) atoms. The minimum Gasteiger partial charge on any atom is -0.368 e. The van der Waals surface area contributed by atoms with Crippen molar-refractivity contribution in [3.63, 3.8) is 0 Å². The average molecular weight is 362 g/mol. The summed E-state index contributed by atoms with van der Waals surface area (Å²) < 4.78 is 1.57. The molecule has 1 fully saturated rings. The second-order valence-electron chi connectivity index (χ2n) is 6.64. The predicted molar refractivity (Wildman–Crippen MR) is 102 cm³/mol. The first-order valence-electron chi connectivity index (χ1n) is 9.16. The van der Waals surface area contributed by atoms with E-state index in [0.29, 0.717) is 19.5 Å². The van der Waals surface area contributed by atoms with Crippen molar-refractivity contribution in [3.8, 4) is 0 Å². The van der Waals surface area contributed by atoms with Crippen molar-refractivity contribution in [1.29, 1.82) is 0 Å². The number of rotatable bonds is 5. The fourth-order valence-corrected chi connectivity index (χ4v) is 3.48. The first-order chi connectivity index (χ1) is 13.3. The molecule has 1 amide bonds. The normalized spacial score (nSPS) is 15.6. The van der Waals surface area contributed by atoms with E-state index in [-0.39, 0.29) is 5.91 Å². The van der Waals surface area contributed by atoms with Crippen LogP contribution in [0.15, 0.2) is 67.0 Å². The minimum absolute atomic E-state index is 0.0684. The SMILES string of the molecule is O=C(C(Cc1ccccc1)n1cnnn1)N1CCN(c2ccccc2)CC1. The number of hydrogen-bond acceptors (Lipinski definition) is 5.